The van der Waals surface area contributed by atoms with Crippen molar-refractivity contribution in [1.29, 1.82) is 0 Å². The van der Waals surface area contributed by atoms with E-state index >= 15 is 0 Å². The van der Waals surface area contributed by atoms with E-state index in [1.54, 1.807) is 32.4 Å². The van der Waals surface area contributed by atoms with Gasteiger partial charge in [-0.2, -0.15) is 0 Å². The van der Waals surface area contributed by atoms with Crippen LogP contribution in [0.15, 0.2) is 36.4 Å². The van der Waals surface area contributed by atoms with Crippen molar-refractivity contribution in [3.8, 4) is 28.7 Å². The quantitative estimate of drug-likeness (QED) is 0.720. The van der Waals surface area contributed by atoms with E-state index < -0.39 is 0 Å². The number of fused-ring (bicyclic) bond motifs is 1. The molecule has 1 heterocycles. The molecule has 7 heteroatoms. The molecular weight excluding hydrogens is 374 g/mol. The van der Waals surface area contributed by atoms with Gasteiger partial charge < -0.3 is 29.0 Å². The molecule has 0 saturated heterocycles. The Morgan fingerprint density at radius 3 is 2.41 bits per heavy atom. The summed E-state index contributed by atoms with van der Waals surface area (Å²) in [5.74, 6) is 2.71. The van der Waals surface area contributed by atoms with Crippen LogP contribution in [0.2, 0.25) is 0 Å². The van der Waals surface area contributed by atoms with Crippen molar-refractivity contribution in [2.24, 2.45) is 0 Å². The molecule has 2 aromatic rings. The van der Waals surface area contributed by atoms with Crippen LogP contribution < -0.4 is 29.0 Å². The van der Waals surface area contributed by atoms with Crippen LogP contribution in [0, 0.1) is 0 Å². The molecule has 3 rings (SSSR count). The molecule has 1 aliphatic rings. The van der Waals surface area contributed by atoms with Gasteiger partial charge >= 0.3 is 0 Å². The molecule has 0 unspecified atom stereocenters. The van der Waals surface area contributed by atoms with Gasteiger partial charge in [0, 0.05) is 11.6 Å². The molecule has 2 aromatic carbocycles. The van der Waals surface area contributed by atoms with Gasteiger partial charge in [0.15, 0.2) is 23.0 Å². The first-order valence-electron chi connectivity index (χ1n) is 9.24. The highest BCUT2D eigenvalue weighted by atomic mass is 16.6. The Kier molecular flexibility index (Phi) is 6.49. The molecule has 0 spiro atoms. The zero-order valence-electron chi connectivity index (χ0n) is 17.0. The van der Waals surface area contributed by atoms with Crippen molar-refractivity contribution in [2.45, 2.75) is 13.0 Å². The minimum atomic E-state index is -0.232. The number of amides is 1. The number of methoxy groups -OCH3 is 3. The van der Waals surface area contributed by atoms with E-state index in [4.69, 9.17) is 23.7 Å². The minimum absolute atomic E-state index is 0.199. The number of carbonyl (C=O) groups excluding carboxylic acids is 1. The molecule has 0 radical (unpaired) electrons. The number of benzene rings is 2. The first-order chi connectivity index (χ1) is 14.1. The standard InChI is InChI=1S/C22H25NO6/c1-14(16-6-8-17-19(13-16)29-12-11-28-17)23-20(24)10-7-15-5-9-18(25-2)22(27-4)21(15)26-3/h5-10,13-14H,11-12H2,1-4H3,(H,23,24)/b10-7+/t14-/m1/s1. The summed E-state index contributed by atoms with van der Waals surface area (Å²) >= 11 is 0. The van der Waals surface area contributed by atoms with Crippen LogP contribution in [0.1, 0.15) is 24.1 Å². The molecule has 1 amide bonds. The lowest BCUT2D eigenvalue weighted by Gasteiger charge is -2.20. The molecule has 29 heavy (non-hydrogen) atoms. The molecule has 0 aromatic heterocycles. The van der Waals surface area contributed by atoms with Crippen LogP contribution in [0.25, 0.3) is 6.08 Å². The van der Waals surface area contributed by atoms with Crippen molar-refractivity contribution in [3.63, 3.8) is 0 Å². The molecule has 1 N–H and O–H groups in total. The van der Waals surface area contributed by atoms with Gasteiger partial charge in [-0.15, -0.1) is 0 Å². The summed E-state index contributed by atoms with van der Waals surface area (Å²) < 4.78 is 27.2. The molecule has 154 valence electrons. The second-order valence-corrected chi connectivity index (χ2v) is 6.39. The molecular formula is C22H25NO6. The number of ether oxygens (including phenoxy) is 5. The first-order valence-corrected chi connectivity index (χ1v) is 9.24. The number of carbonyl (C=O) groups is 1. The van der Waals surface area contributed by atoms with Crippen LogP contribution in [0.4, 0.5) is 0 Å². The third-order valence-corrected chi connectivity index (χ3v) is 4.57. The fourth-order valence-electron chi connectivity index (χ4n) is 3.10. The predicted octanol–water partition coefficient (Wildman–Crippen LogP) is 3.37. The van der Waals surface area contributed by atoms with E-state index in [9.17, 15) is 4.79 Å². The monoisotopic (exact) mass is 399 g/mol. The molecule has 0 fully saturated rings. The molecule has 0 bridgehead atoms. The van der Waals surface area contributed by atoms with Crippen LogP contribution in [0.5, 0.6) is 28.7 Å². The van der Waals surface area contributed by atoms with Crippen LogP contribution in [0.3, 0.4) is 0 Å². The number of hydrogen-bond acceptors (Lipinski definition) is 6. The SMILES string of the molecule is COc1ccc(/C=C/C(=O)N[C@H](C)c2ccc3c(c2)OCCO3)c(OC)c1OC. The maximum atomic E-state index is 12.4. The van der Waals surface area contributed by atoms with Crippen LogP contribution >= 0.6 is 0 Å². The van der Waals surface area contributed by atoms with Gasteiger partial charge in [-0.3, -0.25) is 4.79 Å². The first kappa shape index (κ1) is 20.4. The highest BCUT2D eigenvalue weighted by molar-refractivity contribution is 5.92. The normalized spacial score (nSPS) is 13.7. The summed E-state index contributed by atoms with van der Waals surface area (Å²) in [6.45, 7) is 2.98. The van der Waals surface area contributed by atoms with E-state index in [1.165, 1.54) is 13.2 Å². The topological polar surface area (TPSA) is 75.3 Å². The maximum Gasteiger partial charge on any atom is 0.244 e. The van der Waals surface area contributed by atoms with Gasteiger partial charge in [-0.25, -0.2) is 0 Å². The zero-order chi connectivity index (χ0) is 20.8. The second-order valence-electron chi connectivity index (χ2n) is 6.39. The summed E-state index contributed by atoms with van der Waals surface area (Å²) in [4.78, 5) is 12.4. The maximum absolute atomic E-state index is 12.4. The van der Waals surface area contributed by atoms with Crippen LogP contribution in [-0.4, -0.2) is 40.5 Å². The highest BCUT2D eigenvalue weighted by Gasteiger charge is 2.16. The van der Waals surface area contributed by atoms with Gasteiger partial charge in [0.2, 0.25) is 11.7 Å². The van der Waals surface area contributed by atoms with Gasteiger partial charge in [0.1, 0.15) is 13.2 Å². The smallest absolute Gasteiger partial charge is 0.244 e. The lowest BCUT2D eigenvalue weighted by molar-refractivity contribution is -0.117. The zero-order valence-corrected chi connectivity index (χ0v) is 17.0. The lowest BCUT2D eigenvalue weighted by atomic mass is 10.1. The average molecular weight is 399 g/mol. The Hall–Kier alpha value is -3.35. The van der Waals surface area contributed by atoms with Gasteiger partial charge in [0.05, 0.1) is 27.4 Å². The van der Waals surface area contributed by atoms with E-state index in [-0.39, 0.29) is 11.9 Å². The molecule has 7 nitrogen and oxygen atoms in total. The van der Waals surface area contributed by atoms with Crippen molar-refractivity contribution in [2.75, 3.05) is 34.5 Å². The summed E-state index contributed by atoms with van der Waals surface area (Å²) in [5, 5.41) is 2.94. The third-order valence-electron chi connectivity index (χ3n) is 4.57. The van der Waals surface area contributed by atoms with E-state index in [0.29, 0.717) is 41.8 Å². The molecule has 0 saturated carbocycles. The summed E-state index contributed by atoms with van der Waals surface area (Å²) in [5.41, 5.74) is 1.63. The number of rotatable bonds is 7. The van der Waals surface area contributed by atoms with Crippen LogP contribution in [-0.2, 0) is 4.79 Å². The fraction of sp³-hybridized carbons (Fsp3) is 0.318. The largest absolute Gasteiger partial charge is 0.493 e. The van der Waals surface area contributed by atoms with Crippen molar-refractivity contribution < 1.29 is 28.5 Å². The summed E-state index contributed by atoms with van der Waals surface area (Å²) in [6.07, 6.45) is 3.13. The Morgan fingerprint density at radius 1 is 1.00 bits per heavy atom. The summed E-state index contributed by atoms with van der Waals surface area (Å²) in [6, 6.07) is 9.03. The molecule has 1 aliphatic heterocycles. The van der Waals surface area contributed by atoms with E-state index in [0.717, 1.165) is 11.3 Å². The fourth-order valence-corrected chi connectivity index (χ4v) is 3.10. The second kappa shape index (κ2) is 9.23. The number of nitrogens with one attached hydrogen (secondary N) is 1. The Balaban J connectivity index is 1.71. The average Bonchev–Trinajstić information content (AvgIpc) is 2.76. The third kappa shape index (κ3) is 4.56. The predicted molar refractivity (Wildman–Crippen MR) is 109 cm³/mol. The molecule has 0 aliphatic carbocycles. The molecule has 1 atom stereocenters. The van der Waals surface area contributed by atoms with Gasteiger partial charge in [0.25, 0.3) is 0 Å². The van der Waals surface area contributed by atoms with Crippen molar-refractivity contribution in [3.05, 3.63) is 47.5 Å². The van der Waals surface area contributed by atoms with E-state index in [2.05, 4.69) is 5.32 Å². The Morgan fingerprint density at radius 2 is 1.72 bits per heavy atom. The minimum Gasteiger partial charge on any atom is -0.493 e. The lowest BCUT2D eigenvalue weighted by Crippen LogP contribution is -2.25. The van der Waals surface area contributed by atoms with Gasteiger partial charge in [-0.05, 0) is 42.8 Å². The van der Waals surface area contributed by atoms with Gasteiger partial charge in [-0.1, -0.05) is 6.07 Å². The van der Waals surface area contributed by atoms with Crippen molar-refractivity contribution >= 4 is 12.0 Å². The van der Waals surface area contributed by atoms with E-state index in [1.807, 2.05) is 25.1 Å². The summed E-state index contributed by atoms with van der Waals surface area (Å²) in [7, 11) is 4.63. The Bertz CT molecular complexity index is 908. The van der Waals surface area contributed by atoms with Crippen molar-refractivity contribution in [1.82, 2.24) is 5.32 Å². The Labute approximate surface area is 170 Å². The number of hydrogen-bond donors (Lipinski definition) is 1. The highest BCUT2D eigenvalue weighted by Crippen LogP contribution is 2.40.